The lowest BCUT2D eigenvalue weighted by molar-refractivity contribution is 0.191. The Morgan fingerprint density at radius 2 is 1.68 bits per heavy atom. The van der Waals surface area contributed by atoms with Gasteiger partial charge >= 0.3 is 6.03 Å². The Morgan fingerprint density at radius 1 is 0.935 bits per heavy atom. The fourth-order valence-electron chi connectivity index (χ4n) is 4.70. The van der Waals surface area contributed by atoms with Crippen molar-refractivity contribution >= 4 is 15.9 Å². The maximum atomic E-state index is 13.1. The number of hydrogen-bond acceptors (Lipinski definition) is 3. The third-order valence-corrected chi connectivity index (χ3v) is 8.20. The molecule has 2 atom stereocenters. The van der Waals surface area contributed by atoms with Crippen LogP contribution in [0.3, 0.4) is 0 Å². The van der Waals surface area contributed by atoms with Gasteiger partial charge in [0.2, 0.25) is 0 Å². The van der Waals surface area contributed by atoms with Crippen molar-refractivity contribution in [2.24, 2.45) is 0 Å². The molecular weight excluding hydrogens is 408 g/mol. The van der Waals surface area contributed by atoms with Crippen molar-refractivity contribution in [1.29, 1.82) is 0 Å². The Balaban J connectivity index is 1.37. The Kier molecular flexibility index (Phi) is 4.82. The molecule has 0 fully saturated rings. The van der Waals surface area contributed by atoms with Crippen molar-refractivity contribution in [2.75, 3.05) is 12.8 Å². The lowest BCUT2D eigenvalue weighted by Crippen LogP contribution is -2.41. The number of nitrogens with one attached hydrogen (secondary N) is 1. The number of carbonyl (C=O) groups is 1. The van der Waals surface area contributed by atoms with Crippen LogP contribution in [0.2, 0.25) is 0 Å². The molecule has 6 heteroatoms. The summed E-state index contributed by atoms with van der Waals surface area (Å²) >= 11 is 0. The highest BCUT2D eigenvalue weighted by Gasteiger charge is 2.38. The van der Waals surface area contributed by atoms with Gasteiger partial charge in [-0.3, -0.25) is 0 Å². The van der Waals surface area contributed by atoms with Gasteiger partial charge in [-0.2, -0.15) is 0 Å². The highest BCUT2D eigenvalue weighted by molar-refractivity contribution is 7.91. The van der Waals surface area contributed by atoms with Gasteiger partial charge in [-0.1, -0.05) is 60.7 Å². The second kappa shape index (κ2) is 7.54. The molecule has 1 heterocycles. The molecule has 0 radical (unpaired) electrons. The molecule has 3 aromatic rings. The van der Waals surface area contributed by atoms with Gasteiger partial charge in [-0.05, 0) is 52.8 Å². The molecule has 0 saturated carbocycles. The topological polar surface area (TPSA) is 66.5 Å². The van der Waals surface area contributed by atoms with E-state index in [9.17, 15) is 13.2 Å². The Hall–Kier alpha value is -3.12. The average molecular weight is 433 g/mol. The number of aryl methyl sites for hydroxylation is 1. The first-order chi connectivity index (χ1) is 14.9. The minimum absolute atomic E-state index is 0.0737. The highest BCUT2D eigenvalue weighted by Crippen LogP contribution is 2.38. The van der Waals surface area contributed by atoms with Gasteiger partial charge in [0.15, 0.2) is 9.84 Å². The van der Waals surface area contributed by atoms with E-state index in [1.54, 1.807) is 25.2 Å². The smallest absolute Gasteiger partial charge is 0.318 e. The van der Waals surface area contributed by atoms with Crippen LogP contribution in [0.4, 0.5) is 4.79 Å². The molecule has 2 unspecified atom stereocenters. The molecule has 5 nitrogen and oxygen atoms in total. The van der Waals surface area contributed by atoms with Crippen molar-refractivity contribution in [2.45, 2.75) is 29.8 Å². The maximum absolute atomic E-state index is 13.1. The molecule has 2 aliphatic rings. The van der Waals surface area contributed by atoms with Gasteiger partial charge < -0.3 is 10.2 Å². The number of sulfone groups is 1. The van der Waals surface area contributed by atoms with Crippen molar-refractivity contribution < 1.29 is 13.2 Å². The number of nitrogens with zero attached hydrogens (tertiary/aromatic N) is 1. The van der Waals surface area contributed by atoms with Crippen LogP contribution in [0.1, 0.15) is 35.2 Å². The largest absolute Gasteiger partial charge is 0.331 e. The summed E-state index contributed by atoms with van der Waals surface area (Å²) in [5, 5.41) is 3.14. The molecule has 0 bridgehead atoms. The van der Waals surface area contributed by atoms with Gasteiger partial charge in [0.25, 0.3) is 0 Å². The Morgan fingerprint density at radius 3 is 2.48 bits per heavy atom. The summed E-state index contributed by atoms with van der Waals surface area (Å²) in [6.45, 7) is 0. The van der Waals surface area contributed by atoms with E-state index in [2.05, 4.69) is 35.6 Å². The molecule has 1 aliphatic carbocycles. The molecule has 1 aliphatic heterocycles. The molecular formula is C25H24N2O3S. The summed E-state index contributed by atoms with van der Waals surface area (Å²) in [4.78, 5) is 15.0. The van der Waals surface area contributed by atoms with E-state index >= 15 is 0 Å². The van der Waals surface area contributed by atoms with Crippen LogP contribution in [0, 0.1) is 0 Å². The minimum atomic E-state index is -3.37. The van der Waals surface area contributed by atoms with E-state index in [1.165, 1.54) is 10.5 Å². The summed E-state index contributed by atoms with van der Waals surface area (Å²) < 4.78 is 25.0. The zero-order valence-electron chi connectivity index (χ0n) is 17.3. The van der Waals surface area contributed by atoms with Gasteiger partial charge in [0.1, 0.15) is 0 Å². The van der Waals surface area contributed by atoms with E-state index in [4.69, 9.17) is 0 Å². The average Bonchev–Trinajstić information content (AvgIpc) is 3.31. The molecule has 31 heavy (non-hydrogen) atoms. The van der Waals surface area contributed by atoms with Crippen molar-refractivity contribution in [3.63, 3.8) is 0 Å². The Labute approximate surface area is 182 Å². The van der Waals surface area contributed by atoms with Gasteiger partial charge in [-0.15, -0.1) is 0 Å². The predicted molar refractivity (Wildman–Crippen MR) is 120 cm³/mol. The van der Waals surface area contributed by atoms with Crippen LogP contribution in [-0.2, 0) is 16.3 Å². The first-order valence-electron chi connectivity index (χ1n) is 10.5. The molecule has 0 spiro atoms. The maximum Gasteiger partial charge on any atom is 0.318 e. The zero-order valence-corrected chi connectivity index (χ0v) is 18.1. The van der Waals surface area contributed by atoms with E-state index in [0.29, 0.717) is 10.5 Å². The summed E-state index contributed by atoms with van der Waals surface area (Å²) in [5.74, 6) is -0.0737. The van der Waals surface area contributed by atoms with Gasteiger partial charge in [0.05, 0.1) is 22.7 Å². The number of urea groups is 1. The number of fused-ring (bicyclic) bond motifs is 2. The zero-order chi connectivity index (χ0) is 21.6. The summed E-state index contributed by atoms with van der Waals surface area (Å²) in [6, 6.07) is 22.8. The number of amides is 2. The first-order valence-corrected chi connectivity index (χ1v) is 12.1. The van der Waals surface area contributed by atoms with E-state index in [-0.39, 0.29) is 17.8 Å². The SMILES string of the molecule is CN(C(=O)NC1CCc2ccc(-c3ccccc3)cc21)C1CS(=O)(=O)c2ccccc21. The third-order valence-electron chi connectivity index (χ3n) is 6.41. The number of rotatable bonds is 3. The number of carbonyl (C=O) groups excluding carboxylic acids is 1. The monoisotopic (exact) mass is 432 g/mol. The highest BCUT2D eigenvalue weighted by atomic mass is 32.2. The fraction of sp³-hybridized carbons (Fsp3) is 0.240. The minimum Gasteiger partial charge on any atom is -0.331 e. The fourth-order valence-corrected chi connectivity index (χ4v) is 6.55. The van der Waals surface area contributed by atoms with E-state index in [0.717, 1.165) is 29.5 Å². The summed E-state index contributed by atoms with van der Waals surface area (Å²) in [5.41, 5.74) is 5.36. The van der Waals surface area contributed by atoms with Crippen LogP contribution in [0.15, 0.2) is 77.7 Å². The van der Waals surface area contributed by atoms with Crippen LogP contribution in [0.5, 0.6) is 0 Å². The van der Waals surface area contributed by atoms with E-state index < -0.39 is 15.9 Å². The predicted octanol–water partition coefficient (Wildman–Crippen LogP) is 4.51. The lowest BCUT2D eigenvalue weighted by Gasteiger charge is -2.27. The molecule has 2 amide bonds. The van der Waals surface area contributed by atoms with Crippen LogP contribution >= 0.6 is 0 Å². The van der Waals surface area contributed by atoms with E-state index in [1.807, 2.05) is 24.3 Å². The van der Waals surface area contributed by atoms with Crippen molar-refractivity contribution in [3.05, 3.63) is 89.5 Å². The van der Waals surface area contributed by atoms with Gasteiger partial charge in [-0.25, -0.2) is 13.2 Å². The molecule has 0 saturated heterocycles. The van der Waals surface area contributed by atoms with Crippen molar-refractivity contribution in [1.82, 2.24) is 10.2 Å². The summed E-state index contributed by atoms with van der Waals surface area (Å²) in [6.07, 6.45) is 1.76. The third kappa shape index (κ3) is 3.51. The second-order valence-corrected chi connectivity index (χ2v) is 10.3. The molecule has 1 N–H and O–H groups in total. The number of hydrogen-bond donors (Lipinski definition) is 1. The second-order valence-electron chi connectivity index (χ2n) is 8.27. The lowest BCUT2D eigenvalue weighted by atomic mass is 9.99. The van der Waals surface area contributed by atoms with Crippen LogP contribution in [0.25, 0.3) is 11.1 Å². The Bertz CT molecular complexity index is 1250. The normalized spacial score (nSPS) is 20.7. The van der Waals surface area contributed by atoms with Gasteiger partial charge in [0, 0.05) is 7.05 Å². The standard InChI is InChI=1S/C25H24N2O3S/c1-27(23-16-31(29,30)24-10-6-5-9-20(23)24)25(28)26-22-14-13-18-11-12-19(15-21(18)22)17-7-3-2-4-8-17/h2-12,15,22-23H,13-14,16H2,1H3,(H,26,28). The molecule has 0 aromatic heterocycles. The quantitative estimate of drug-likeness (QED) is 0.662. The van der Waals surface area contributed by atoms with Crippen LogP contribution < -0.4 is 5.32 Å². The molecule has 5 rings (SSSR count). The first kappa shape index (κ1) is 19.8. The number of benzene rings is 3. The summed E-state index contributed by atoms with van der Waals surface area (Å²) in [7, 11) is -1.69. The van der Waals surface area contributed by atoms with Crippen molar-refractivity contribution in [3.8, 4) is 11.1 Å². The van der Waals surface area contributed by atoms with Crippen LogP contribution in [-0.4, -0.2) is 32.1 Å². The molecule has 3 aromatic carbocycles. The molecule has 158 valence electrons.